The molecule has 0 bridgehead atoms. The van der Waals surface area contributed by atoms with Crippen LogP contribution in [0.5, 0.6) is 5.75 Å². The van der Waals surface area contributed by atoms with Gasteiger partial charge >= 0.3 is 5.63 Å². The van der Waals surface area contributed by atoms with Gasteiger partial charge in [-0.3, -0.25) is 0 Å². The van der Waals surface area contributed by atoms with Gasteiger partial charge in [-0.15, -0.1) is 0 Å². The maximum atomic E-state index is 11.3. The molecule has 0 aliphatic carbocycles. The van der Waals surface area contributed by atoms with Gasteiger partial charge in [0.15, 0.2) is 11.3 Å². The number of fused-ring (bicyclic) bond motifs is 1. The summed E-state index contributed by atoms with van der Waals surface area (Å²) in [6.45, 7) is 1.70. The highest BCUT2D eigenvalue weighted by Crippen LogP contribution is 2.27. The highest BCUT2D eigenvalue weighted by molar-refractivity contribution is 5.86. The zero-order valence-electron chi connectivity index (χ0n) is 8.53. The number of ether oxygens (including phenoxy) is 1. The van der Waals surface area contributed by atoms with E-state index in [2.05, 4.69) is 0 Å². The largest absolute Gasteiger partial charge is 0.493 e. The van der Waals surface area contributed by atoms with Crippen molar-refractivity contribution in [2.75, 3.05) is 12.8 Å². The summed E-state index contributed by atoms with van der Waals surface area (Å²) in [5, 5.41) is 0.768. The molecule has 4 heteroatoms. The first-order valence-corrected chi connectivity index (χ1v) is 4.50. The normalized spacial score (nSPS) is 10.5. The van der Waals surface area contributed by atoms with Crippen molar-refractivity contribution in [3.05, 3.63) is 34.2 Å². The van der Waals surface area contributed by atoms with E-state index in [-0.39, 0.29) is 5.63 Å². The van der Waals surface area contributed by atoms with E-state index in [1.165, 1.54) is 7.11 Å². The Balaban J connectivity index is 2.91. The minimum atomic E-state index is -0.356. The van der Waals surface area contributed by atoms with Crippen LogP contribution >= 0.6 is 0 Å². The Morgan fingerprint density at radius 3 is 2.73 bits per heavy atom. The number of methoxy groups -OCH3 is 1. The van der Waals surface area contributed by atoms with Gasteiger partial charge in [0, 0.05) is 22.7 Å². The second kappa shape index (κ2) is 3.31. The molecule has 0 saturated heterocycles. The molecule has 2 rings (SSSR count). The van der Waals surface area contributed by atoms with Crippen molar-refractivity contribution >= 4 is 16.7 Å². The Labute approximate surface area is 86.3 Å². The standard InChI is InChI=1S/C11H11NO3/c1-6-3-7-4-8(12)5-9(14-2)10(7)15-11(6)13/h3-5H,12H2,1-2H3. The van der Waals surface area contributed by atoms with Gasteiger partial charge in [0.05, 0.1) is 7.11 Å². The third-order valence-electron chi connectivity index (χ3n) is 2.21. The molecular formula is C11H11NO3. The van der Waals surface area contributed by atoms with Gasteiger partial charge in [-0.25, -0.2) is 4.79 Å². The molecule has 1 aromatic carbocycles. The summed E-state index contributed by atoms with van der Waals surface area (Å²) in [6.07, 6.45) is 0. The fourth-order valence-corrected chi connectivity index (χ4v) is 1.48. The summed E-state index contributed by atoms with van der Waals surface area (Å²) in [5.41, 5.74) is 6.89. The van der Waals surface area contributed by atoms with E-state index in [4.69, 9.17) is 14.9 Å². The Hall–Kier alpha value is -1.97. The summed E-state index contributed by atoms with van der Waals surface area (Å²) in [7, 11) is 1.51. The quantitative estimate of drug-likeness (QED) is 0.568. The lowest BCUT2D eigenvalue weighted by Gasteiger charge is -2.05. The highest BCUT2D eigenvalue weighted by Gasteiger charge is 2.08. The van der Waals surface area contributed by atoms with Crippen LogP contribution < -0.4 is 16.1 Å². The molecule has 4 nitrogen and oxygen atoms in total. The van der Waals surface area contributed by atoms with Crippen LogP contribution in [-0.4, -0.2) is 7.11 Å². The Kier molecular flexibility index (Phi) is 2.11. The molecular weight excluding hydrogens is 194 g/mol. The van der Waals surface area contributed by atoms with Crippen LogP contribution in [0.1, 0.15) is 5.56 Å². The second-order valence-corrected chi connectivity index (χ2v) is 3.36. The lowest BCUT2D eigenvalue weighted by atomic mass is 10.1. The third-order valence-corrected chi connectivity index (χ3v) is 2.21. The van der Waals surface area contributed by atoms with Crippen molar-refractivity contribution in [2.24, 2.45) is 0 Å². The van der Waals surface area contributed by atoms with Gasteiger partial charge in [0.25, 0.3) is 0 Å². The Morgan fingerprint density at radius 1 is 1.33 bits per heavy atom. The summed E-state index contributed by atoms with van der Waals surface area (Å²) in [5.74, 6) is 0.474. The van der Waals surface area contributed by atoms with E-state index >= 15 is 0 Å². The molecule has 0 unspecified atom stereocenters. The maximum absolute atomic E-state index is 11.3. The number of aryl methyl sites for hydroxylation is 1. The average molecular weight is 205 g/mol. The van der Waals surface area contributed by atoms with Crippen molar-refractivity contribution in [1.82, 2.24) is 0 Å². The van der Waals surface area contributed by atoms with Crippen LogP contribution in [0.4, 0.5) is 5.69 Å². The van der Waals surface area contributed by atoms with Crippen molar-refractivity contribution in [3.63, 3.8) is 0 Å². The summed E-state index contributed by atoms with van der Waals surface area (Å²) in [4.78, 5) is 11.3. The first-order chi connectivity index (χ1) is 7.11. The van der Waals surface area contributed by atoms with Crippen LogP contribution in [0.25, 0.3) is 11.0 Å². The van der Waals surface area contributed by atoms with Gasteiger partial charge in [0.2, 0.25) is 0 Å². The number of anilines is 1. The Morgan fingerprint density at radius 2 is 2.07 bits per heavy atom. The molecule has 0 amide bonds. The first-order valence-electron chi connectivity index (χ1n) is 4.50. The van der Waals surface area contributed by atoms with Gasteiger partial charge in [-0.1, -0.05) is 0 Å². The number of hydrogen-bond donors (Lipinski definition) is 1. The zero-order chi connectivity index (χ0) is 11.0. The number of nitrogens with two attached hydrogens (primary N) is 1. The molecule has 1 aromatic heterocycles. The smallest absolute Gasteiger partial charge is 0.339 e. The molecule has 0 atom stereocenters. The molecule has 0 aliphatic rings. The van der Waals surface area contributed by atoms with E-state index in [9.17, 15) is 4.79 Å². The van der Waals surface area contributed by atoms with Crippen molar-refractivity contribution < 1.29 is 9.15 Å². The molecule has 0 radical (unpaired) electrons. The maximum Gasteiger partial charge on any atom is 0.339 e. The molecule has 0 aliphatic heterocycles. The van der Waals surface area contributed by atoms with E-state index in [1.54, 1.807) is 25.1 Å². The molecule has 1 heterocycles. The lowest BCUT2D eigenvalue weighted by Crippen LogP contribution is -2.03. The van der Waals surface area contributed by atoms with Gasteiger partial charge < -0.3 is 14.9 Å². The number of rotatable bonds is 1. The molecule has 0 fully saturated rings. The number of nitrogen functional groups attached to an aromatic ring is 1. The topological polar surface area (TPSA) is 65.5 Å². The van der Waals surface area contributed by atoms with Crippen molar-refractivity contribution in [2.45, 2.75) is 6.92 Å². The fraction of sp³-hybridized carbons (Fsp3) is 0.182. The molecule has 0 saturated carbocycles. The lowest BCUT2D eigenvalue weighted by molar-refractivity contribution is 0.406. The molecule has 0 spiro atoms. The van der Waals surface area contributed by atoms with Crippen LogP contribution in [0.15, 0.2) is 27.4 Å². The van der Waals surface area contributed by atoms with Crippen LogP contribution in [-0.2, 0) is 0 Å². The third kappa shape index (κ3) is 1.54. The summed E-state index contributed by atoms with van der Waals surface area (Å²) >= 11 is 0. The van der Waals surface area contributed by atoms with E-state index in [0.717, 1.165) is 5.39 Å². The summed E-state index contributed by atoms with van der Waals surface area (Å²) < 4.78 is 10.2. The van der Waals surface area contributed by atoms with Crippen LogP contribution in [0, 0.1) is 6.92 Å². The number of hydrogen-bond acceptors (Lipinski definition) is 4. The average Bonchev–Trinajstić information content (AvgIpc) is 2.19. The van der Waals surface area contributed by atoms with Crippen molar-refractivity contribution in [3.8, 4) is 5.75 Å². The summed E-state index contributed by atoms with van der Waals surface area (Å²) in [6, 6.07) is 5.11. The van der Waals surface area contributed by atoms with Crippen LogP contribution in [0.2, 0.25) is 0 Å². The predicted octanol–water partition coefficient (Wildman–Crippen LogP) is 1.69. The van der Waals surface area contributed by atoms with E-state index in [1.807, 2.05) is 0 Å². The molecule has 2 aromatic rings. The van der Waals surface area contributed by atoms with Gasteiger partial charge in [-0.2, -0.15) is 0 Å². The molecule has 78 valence electrons. The van der Waals surface area contributed by atoms with E-state index in [0.29, 0.717) is 22.6 Å². The van der Waals surface area contributed by atoms with Crippen LogP contribution in [0.3, 0.4) is 0 Å². The first kappa shape index (κ1) is 9.58. The van der Waals surface area contributed by atoms with Gasteiger partial charge in [-0.05, 0) is 19.1 Å². The van der Waals surface area contributed by atoms with E-state index < -0.39 is 0 Å². The minimum Gasteiger partial charge on any atom is -0.493 e. The fourth-order valence-electron chi connectivity index (χ4n) is 1.48. The second-order valence-electron chi connectivity index (χ2n) is 3.36. The molecule has 2 N–H and O–H groups in total. The zero-order valence-corrected chi connectivity index (χ0v) is 8.53. The predicted molar refractivity (Wildman–Crippen MR) is 58.2 cm³/mol. The highest BCUT2D eigenvalue weighted by atomic mass is 16.5. The monoisotopic (exact) mass is 205 g/mol. The SMILES string of the molecule is COc1cc(N)cc2cc(C)c(=O)oc12. The number of benzene rings is 1. The Bertz CT molecular complexity index is 572. The minimum absolute atomic E-state index is 0.356. The molecule has 15 heavy (non-hydrogen) atoms. The van der Waals surface area contributed by atoms with Crippen molar-refractivity contribution in [1.29, 1.82) is 0 Å². The van der Waals surface area contributed by atoms with Gasteiger partial charge in [0.1, 0.15) is 0 Å².